The van der Waals surface area contributed by atoms with Gasteiger partial charge in [-0.25, -0.2) is 0 Å². The first-order valence-corrected chi connectivity index (χ1v) is 7.53. The van der Waals surface area contributed by atoms with Gasteiger partial charge < -0.3 is 16.0 Å². The molecule has 2 rings (SSSR count). The van der Waals surface area contributed by atoms with Crippen LogP contribution in [0.1, 0.15) is 43.1 Å². The number of rotatable bonds is 5. The van der Waals surface area contributed by atoms with Crippen LogP contribution in [0, 0.1) is 0 Å². The molecule has 21 heavy (non-hydrogen) atoms. The lowest BCUT2D eigenvalue weighted by Gasteiger charge is -2.12. The standard InChI is InChI=1S/C16H24N4O/c1-4-11(2)19-15(21)14-7-5-6-13(8-14)10-18-16-17-9-12(3)20-16/h5-8,11-12H,4,9-10H2,1-3H3,(H,19,21)(H2,17,18,20). The van der Waals surface area contributed by atoms with Crippen LogP contribution in [0.15, 0.2) is 29.3 Å². The molecule has 5 nitrogen and oxygen atoms in total. The molecule has 1 aromatic carbocycles. The van der Waals surface area contributed by atoms with E-state index in [9.17, 15) is 4.79 Å². The van der Waals surface area contributed by atoms with Crippen LogP contribution in [0.2, 0.25) is 0 Å². The van der Waals surface area contributed by atoms with Gasteiger partial charge in [-0.05, 0) is 38.0 Å². The van der Waals surface area contributed by atoms with Gasteiger partial charge in [-0.2, -0.15) is 0 Å². The van der Waals surface area contributed by atoms with Crippen molar-refractivity contribution in [1.29, 1.82) is 0 Å². The molecule has 1 amide bonds. The van der Waals surface area contributed by atoms with E-state index in [4.69, 9.17) is 0 Å². The van der Waals surface area contributed by atoms with E-state index in [1.165, 1.54) is 0 Å². The molecule has 1 aliphatic heterocycles. The number of nitrogens with one attached hydrogen (secondary N) is 3. The molecule has 0 fully saturated rings. The number of aliphatic imine (C=N–C) groups is 1. The highest BCUT2D eigenvalue weighted by molar-refractivity contribution is 5.94. The van der Waals surface area contributed by atoms with E-state index in [0.29, 0.717) is 18.2 Å². The molecule has 0 spiro atoms. The molecule has 5 heteroatoms. The Morgan fingerprint density at radius 1 is 1.52 bits per heavy atom. The van der Waals surface area contributed by atoms with Crippen molar-refractivity contribution < 1.29 is 4.79 Å². The Bertz CT molecular complexity index is 527. The van der Waals surface area contributed by atoms with Gasteiger partial charge in [0.25, 0.3) is 5.91 Å². The van der Waals surface area contributed by atoms with Crippen LogP contribution in [0.4, 0.5) is 0 Å². The van der Waals surface area contributed by atoms with Gasteiger partial charge in [-0.1, -0.05) is 19.1 Å². The highest BCUT2D eigenvalue weighted by Gasteiger charge is 2.12. The zero-order valence-electron chi connectivity index (χ0n) is 12.9. The zero-order valence-corrected chi connectivity index (χ0v) is 12.9. The predicted molar refractivity (Wildman–Crippen MR) is 85.4 cm³/mol. The summed E-state index contributed by atoms with van der Waals surface area (Å²) in [7, 11) is 0. The third-order valence-corrected chi connectivity index (χ3v) is 3.55. The fourth-order valence-corrected chi connectivity index (χ4v) is 2.08. The van der Waals surface area contributed by atoms with Gasteiger partial charge in [-0.3, -0.25) is 9.79 Å². The molecular weight excluding hydrogens is 264 g/mol. The molecule has 0 aromatic heterocycles. The molecule has 0 radical (unpaired) electrons. The van der Waals surface area contributed by atoms with Gasteiger partial charge in [0.2, 0.25) is 0 Å². The lowest BCUT2D eigenvalue weighted by atomic mass is 10.1. The SMILES string of the molecule is CCC(C)NC(=O)c1cccc(CNC2=NCC(C)N2)c1. The minimum atomic E-state index is -0.0174. The van der Waals surface area contributed by atoms with Crippen molar-refractivity contribution >= 4 is 11.9 Å². The van der Waals surface area contributed by atoms with Crippen LogP contribution in [-0.4, -0.2) is 30.5 Å². The second-order valence-electron chi connectivity index (χ2n) is 5.57. The van der Waals surface area contributed by atoms with E-state index >= 15 is 0 Å². The fourth-order valence-electron chi connectivity index (χ4n) is 2.08. The summed E-state index contributed by atoms with van der Waals surface area (Å²) in [5, 5.41) is 9.49. The summed E-state index contributed by atoms with van der Waals surface area (Å²) < 4.78 is 0. The molecule has 1 aliphatic rings. The monoisotopic (exact) mass is 288 g/mol. The van der Waals surface area contributed by atoms with Crippen molar-refractivity contribution in [1.82, 2.24) is 16.0 Å². The quantitative estimate of drug-likeness (QED) is 0.772. The summed E-state index contributed by atoms with van der Waals surface area (Å²) in [6.07, 6.45) is 0.927. The van der Waals surface area contributed by atoms with Crippen molar-refractivity contribution in [3.05, 3.63) is 35.4 Å². The van der Waals surface area contributed by atoms with Crippen molar-refractivity contribution in [3.8, 4) is 0 Å². The van der Waals surface area contributed by atoms with Gasteiger partial charge in [0.1, 0.15) is 0 Å². The first kappa shape index (κ1) is 15.4. The molecule has 2 atom stereocenters. The number of hydrogen-bond donors (Lipinski definition) is 3. The summed E-state index contributed by atoms with van der Waals surface area (Å²) in [6, 6.07) is 8.26. The van der Waals surface area contributed by atoms with E-state index in [1.54, 1.807) is 0 Å². The first-order chi connectivity index (χ1) is 10.1. The number of amides is 1. The van der Waals surface area contributed by atoms with Gasteiger partial charge in [0.05, 0.1) is 6.54 Å². The molecule has 0 bridgehead atoms. The van der Waals surface area contributed by atoms with Crippen LogP contribution in [-0.2, 0) is 6.54 Å². The summed E-state index contributed by atoms with van der Waals surface area (Å²) in [6.45, 7) is 7.62. The molecule has 3 N–H and O–H groups in total. The first-order valence-electron chi connectivity index (χ1n) is 7.53. The molecule has 0 saturated heterocycles. The Morgan fingerprint density at radius 2 is 2.33 bits per heavy atom. The Balaban J connectivity index is 1.93. The highest BCUT2D eigenvalue weighted by atomic mass is 16.1. The maximum atomic E-state index is 12.1. The second kappa shape index (κ2) is 7.11. The topological polar surface area (TPSA) is 65.5 Å². The normalized spacial score (nSPS) is 18.6. The van der Waals surface area contributed by atoms with Crippen LogP contribution in [0.3, 0.4) is 0 Å². The Kier molecular flexibility index (Phi) is 5.20. The summed E-state index contributed by atoms with van der Waals surface area (Å²) >= 11 is 0. The van der Waals surface area contributed by atoms with Crippen LogP contribution < -0.4 is 16.0 Å². The van der Waals surface area contributed by atoms with Gasteiger partial charge in [-0.15, -0.1) is 0 Å². The molecule has 0 saturated carbocycles. The Labute approximate surface area is 126 Å². The maximum Gasteiger partial charge on any atom is 0.251 e. The number of carbonyl (C=O) groups excluding carboxylic acids is 1. The Morgan fingerprint density at radius 3 is 3.00 bits per heavy atom. The largest absolute Gasteiger partial charge is 0.352 e. The summed E-state index contributed by atoms with van der Waals surface area (Å²) in [4.78, 5) is 16.5. The van der Waals surface area contributed by atoms with Gasteiger partial charge in [0, 0.05) is 24.2 Å². The highest BCUT2D eigenvalue weighted by Crippen LogP contribution is 2.06. The van der Waals surface area contributed by atoms with Crippen molar-refractivity contribution in [3.63, 3.8) is 0 Å². The average Bonchev–Trinajstić information content (AvgIpc) is 2.91. The lowest BCUT2D eigenvalue weighted by molar-refractivity contribution is 0.0939. The number of hydrogen-bond acceptors (Lipinski definition) is 4. The third-order valence-electron chi connectivity index (χ3n) is 3.55. The van der Waals surface area contributed by atoms with Gasteiger partial charge in [0.15, 0.2) is 5.96 Å². The zero-order chi connectivity index (χ0) is 15.2. The molecule has 114 valence electrons. The Hall–Kier alpha value is -2.04. The number of nitrogens with zero attached hydrogens (tertiary/aromatic N) is 1. The van der Waals surface area contributed by atoms with E-state index in [1.807, 2.05) is 31.2 Å². The lowest BCUT2D eigenvalue weighted by Crippen LogP contribution is -2.37. The molecule has 0 aliphatic carbocycles. The summed E-state index contributed by atoms with van der Waals surface area (Å²) in [5.41, 5.74) is 1.76. The molecule has 2 unspecified atom stereocenters. The molecule has 1 aromatic rings. The van der Waals surface area contributed by atoms with Crippen LogP contribution >= 0.6 is 0 Å². The van der Waals surface area contributed by atoms with E-state index in [0.717, 1.165) is 24.5 Å². The van der Waals surface area contributed by atoms with Crippen molar-refractivity contribution in [2.45, 2.75) is 45.8 Å². The average molecular weight is 288 g/mol. The van der Waals surface area contributed by atoms with E-state index in [-0.39, 0.29) is 11.9 Å². The van der Waals surface area contributed by atoms with Crippen LogP contribution in [0.25, 0.3) is 0 Å². The number of guanidine groups is 1. The fraction of sp³-hybridized carbons (Fsp3) is 0.500. The molecular formula is C16H24N4O. The van der Waals surface area contributed by atoms with Crippen molar-refractivity contribution in [2.75, 3.05) is 6.54 Å². The van der Waals surface area contributed by atoms with Crippen molar-refractivity contribution in [2.24, 2.45) is 4.99 Å². The number of benzene rings is 1. The van der Waals surface area contributed by atoms with E-state index in [2.05, 4.69) is 34.8 Å². The molecule has 1 heterocycles. The number of carbonyl (C=O) groups is 1. The van der Waals surface area contributed by atoms with Crippen LogP contribution in [0.5, 0.6) is 0 Å². The summed E-state index contributed by atoms with van der Waals surface area (Å²) in [5.74, 6) is 0.813. The minimum absolute atomic E-state index is 0.0174. The van der Waals surface area contributed by atoms with E-state index < -0.39 is 0 Å². The van der Waals surface area contributed by atoms with Gasteiger partial charge >= 0.3 is 0 Å². The predicted octanol–water partition coefficient (Wildman–Crippen LogP) is 1.65. The minimum Gasteiger partial charge on any atom is -0.352 e. The maximum absolute atomic E-state index is 12.1. The second-order valence-corrected chi connectivity index (χ2v) is 5.57. The third kappa shape index (κ3) is 4.48. The smallest absolute Gasteiger partial charge is 0.251 e.